The lowest BCUT2D eigenvalue weighted by Crippen LogP contribution is -2.37. The Kier molecular flexibility index (Phi) is 4.97. The zero-order valence-corrected chi connectivity index (χ0v) is 10.1. The van der Waals surface area contributed by atoms with E-state index in [-0.39, 0.29) is 6.03 Å². The van der Waals surface area contributed by atoms with E-state index >= 15 is 0 Å². The Balaban J connectivity index is 1.98. The third kappa shape index (κ3) is 5.29. The van der Waals surface area contributed by atoms with Crippen molar-refractivity contribution in [2.45, 2.75) is 0 Å². The van der Waals surface area contributed by atoms with Gasteiger partial charge in [0.1, 0.15) is 0 Å². The lowest BCUT2D eigenvalue weighted by Gasteiger charge is -2.14. The van der Waals surface area contributed by atoms with Gasteiger partial charge in [0.05, 0.1) is 6.26 Å². The van der Waals surface area contributed by atoms with Crippen molar-refractivity contribution >= 4 is 16.1 Å². The van der Waals surface area contributed by atoms with Crippen LogP contribution in [0, 0.1) is 0 Å². The number of carbonyl (C=O) groups excluding carboxylic acids is 1. The fraction of sp³-hybridized carbons (Fsp3) is 0.875. The molecule has 8 heteroatoms. The topological polar surface area (TPSA) is 90.5 Å². The van der Waals surface area contributed by atoms with Gasteiger partial charge in [0.15, 0.2) is 0 Å². The molecule has 0 spiro atoms. The first kappa shape index (κ1) is 13.2. The zero-order chi connectivity index (χ0) is 12.0. The number of sulfonamides is 1. The van der Waals surface area contributed by atoms with Crippen molar-refractivity contribution in [3.8, 4) is 0 Å². The van der Waals surface area contributed by atoms with Crippen LogP contribution in [0.4, 0.5) is 4.79 Å². The minimum Gasteiger partial charge on any atom is -0.336 e. The summed E-state index contributed by atoms with van der Waals surface area (Å²) < 4.78 is 23.8. The van der Waals surface area contributed by atoms with Crippen molar-refractivity contribution in [1.29, 1.82) is 0 Å². The van der Waals surface area contributed by atoms with Crippen molar-refractivity contribution < 1.29 is 13.2 Å². The Hall–Kier alpha value is -0.860. The number of hydrogen-bond donors (Lipinski definition) is 3. The molecule has 1 aliphatic rings. The summed E-state index contributed by atoms with van der Waals surface area (Å²) >= 11 is 0. The molecule has 2 amide bonds. The Morgan fingerprint density at radius 3 is 2.69 bits per heavy atom. The van der Waals surface area contributed by atoms with Crippen LogP contribution in [-0.2, 0) is 10.0 Å². The molecule has 0 aromatic heterocycles. The molecule has 0 unspecified atom stereocenters. The Morgan fingerprint density at radius 1 is 1.38 bits per heavy atom. The molecule has 1 aliphatic heterocycles. The number of nitrogens with one attached hydrogen (secondary N) is 3. The lowest BCUT2D eigenvalue weighted by atomic mass is 10.5. The Bertz CT molecular complexity index is 330. The predicted octanol–water partition coefficient (Wildman–Crippen LogP) is -1.85. The van der Waals surface area contributed by atoms with Crippen molar-refractivity contribution in [2.24, 2.45) is 0 Å². The van der Waals surface area contributed by atoms with Gasteiger partial charge in [-0.05, 0) is 0 Å². The monoisotopic (exact) mass is 250 g/mol. The number of carbonyl (C=O) groups is 1. The van der Waals surface area contributed by atoms with Crippen LogP contribution in [0.15, 0.2) is 0 Å². The molecule has 1 saturated heterocycles. The van der Waals surface area contributed by atoms with Gasteiger partial charge in [0.25, 0.3) is 0 Å². The van der Waals surface area contributed by atoms with Gasteiger partial charge in [-0.15, -0.1) is 0 Å². The van der Waals surface area contributed by atoms with E-state index in [1.54, 1.807) is 4.90 Å². The second kappa shape index (κ2) is 6.02. The van der Waals surface area contributed by atoms with Gasteiger partial charge in [-0.1, -0.05) is 0 Å². The first-order chi connectivity index (χ1) is 7.49. The van der Waals surface area contributed by atoms with Crippen molar-refractivity contribution in [3.63, 3.8) is 0 Å². The van der Waals surface area contributed by atoms with Crippen LogP contribution in [-0.4, -0.2) is 64.9 Å². The summed E-state index contributed by atoms with van der Waals surface area (Å²) in [6, 6.07) is -0.0314. The Labute approximate surface area is 95.6 Å². The molecular weight excluding hydrogens is 232 g/mol. The highest BCUT2D eigenvalue weighted by Crippen LogP contribution is 1.93. The summed E-state index contributed by atoms with van der Waals surface area (Å²) in [7, 11) is -3.10. The molecule has 1 rings (SSSR count). The molecule has 0 aromatic rings. The maximum absolute atomic E-state index is 11.1. The minimum atomic E-state index is -3.10. The molecule has 0 aromatic carbocycles. The van der Waals surface area contributed by atoms with Gasteiger partial charge in [-0.2, -0.15) is 0 Å². The SMILES string of the molecule is CS(=O)(=O)NCCNCCN1CCNC1=O. The fourth-order valence-corrected chi connectivity index (χ4v) is 1.86. The smallest absolute Gasteiger partial charge is 0.317 e. The van der Waals surface area contributed by atoms with E-state index in [4.69, 9.17) is 0 Å². The number of nitrogens with zero attached hydrogens (tertiary/aromatic N) is 1. The highest BCUT2D eigenvalue weighted by atomic mass is 32.2. The molecule has 1 heterocycles. The molecule has 0 saturated carbocycles. The number of hydrogen-bond acceptors (Lipinski definition) is 4. The third-order valence-electron chi connectivity index (χ3n) is 2.17. The first-order valence-corrected chi connectivity index (χ1v) is 7.06. The molecule has 7 nitrogen and oxygen atoms in total. The molecule has 0 bridgehead atoms. The summed E-state index contributed by atoms with van der Waals surface area (Å²) in [5.74, 6) is 0. The molecule has 16 heavy (non-hydrogen) atoms. The van der Waals surface area contributed by atoms with E-state index in [0.29, 0.717) is 32.7 Å². The largest absolute Gasteiger partial charge is 0.336 e. The summed E-state index contributed by atoms with van der Waals surface area (Å²) in [6.45, 7) is 3.67. The van der Waals surface area contributed by atoms with Gasteiger partial charge in [0.2, 0.25) is 10.0 Å². The van der Waals surface area contributed by atoms with E-state index in [1.165, 1.54) is 0 Å². The number of amides is 2. The van der Waals surface area contributed by atoms with Crippen LogP contribution in [0.5, 0.6) is 0 Å². The van der Waals surface area contributed by atoms with Gasteiger partial charge in [-0.25, -0.2) is 17.9 Å². The molecule has 94 valence electrons. The quantitative estimate of drug-likeness (QED) is 0.463. The second-order valence-corrected chi connectivity index (χ2v) is 5.47. The maximum atomic E-state index is 11.1. The average molecular weight is 250 g/mol. The van der Waals surface area contributed by atoms with Gasteiger partial charge in [-0.3, -0.25) is 0 Å². The van der Waals surface area contributed by atoms with Gasteiger partial charge in [0, 0.05) is 39.3 Å². The maximum Gasteiger partial charge on any atom is 0.317 e. The van der Waals surface area contributed by atoms with Crippen LogP contribution < -0.4 is 15.4 Å². The minimum absolute atomic E-state index is 0.0314. The molecule has 0 aliphatic carbocycles. The van der Waals surface area contributed by atoms with E-state index in [0.717, 1.165) is 12.8 Å². The second-order valence-electron chi connectivity index (χ2n) is 3.64. The molecule has 0 radical (unpaired) electrons. The third-order valence-corrected chi connectivity index (χ3v) is 2.90. The van der Waals surface area contributed by atoms with Crippen LogP contribution in [0.25, 0.3) is 0 Å². The lowest BCUT2D eigenvalue weighted by molar-refractivity contribution is 0.217. The zero-order valence-electron chi connectivity index (χ0n) is 9.32. The highest BCUT2D eigenvalue weighted by molar-refractivity contribution is 7.88. The molecule has 0 atom stereocenters. The Morgan fingerprint density at radius 2 is 2.12 bits per heavy atom. The van der Waals surface area contributed by atoms with E-state index in [9.17, 15) is 13.2 Å². The molecule has 3 N–H and O–H groups in total. The number of urea groups is 1. The van der Waals surface area contributed by atoms with Gasteiger partial charge < -0.3 is 15.5 Å². The number of rotatable bonds is 7. The summed E-state index contributed by atoms with van der Waals surface area (Å²) in [5, 5.41) is 5.77. The molecular formula is C8H18N4O3S. The highest BCUT2D eigenvalue weighted by Gasteiger charge is 2.17. The van der Waals surface area contributed by atoms with E-state index in [2.05, 4.69) is 15.4 Å². The first-order valence-electron chi connectivity index (χ1n) is 5.17. The van der Waals surface area contributed by atoms with Crippen LogP contribution in [0.2, 0.25) is 0 Å². The van der Waals surface area contributed by atoms with Gasteiger partial charge >= 0.3 is 6.03 Å². The summed E-state index contributed by atoms with van der Waals surface area (Å²) in [5.41, 5.74) is 0. The van der Waals surface area contributed by atoms with E-state index < -0.39 is 10.0 Å². The van der Waals surface area contributed by atoms with Crippen LogP contribution >= 0.6 is 0 Å². The van der Waals surface area contributed by atoms with Crippen LogP contribution in [0.3, 0.4) is 0 Å². The predicted molar refractivity (Wildman–Crippen MR) is 60.7 cm³/mol. The standard InChI is InChI=1S/C8H18N4O3S/c1-16(14,15)11-3-2-9-4-6-12-7-5-10-8(12)13/h9,11H,2-7H2,1H3,(H,10,13). The fourth-order valence-electron chi connectivity index (χ4n) is 1.39. The summed E-state index contributed by atoms with van der Waals surface area (Å²) in [6.07, 6.45) is 1.13. The summed E-state index contributed by atoms with van der Waals surface area (Å²) in [4.78, 5) is 12.8. The van der Waals surface area contributed by atoms with Crippen LogP contribution in [0.1, 0.15) is 0 Å². The average Bonchev–Trinajstić information content (AvgIpc) is 2.56. The van der Waals surface area contributed by atoms with E-state index in [1.807, 2.05) is 0 Å². The molecule has 1 fully saturated rings. The van der Waals surface area contributed by atoms with Crippen molar-refractivity contribution in [3.05, 3.63) is 0 Å². The van der Waals surface area contributed by atoms with Crippen molar-refractivity contribution in [2.75, 3.05) is 45.5 Å². The normalized spacial score (nSPS) is 16.6. The van der Waals surface area contributed by atoms with Crippen molar-refractivity contribution in [1.82, 2.24) is 20.3 Å².